The van der Waals surface area contributed by atoms with Crippen molar-refractivity contribution in [3.8, 4) is 5.75 Å². The number of aliphatic hydroxyl groups excluding tert-OH is 1. The Kier molecular flexibility index (Phi) is 8.61. The molecule has 0 saturated carbocycles. The van der Waals surface area contributed by atoms with Gasteiger partial charge in [-0.2, -0.15) is 0 Å². The summed E-state index contributed by atoms with van der Waals surface area (Å²) >= 11 is 0. The van der Waals surface area contributed by atoms with E-state index in [9.17, 15) is 19.5 Å². The van der Waals surface area contributed by atoms with Gasteiger partial charge in [-0.3, -0.25) is 14.4 Å². The topological polar surface area (TPSA) is 117 Å². The van der Waals surface area contributed by atoms with Gasteiger partial charge in [0.25, 0.3) is 0 Å². The standard InChI is InChI=1S/C30H45N3O6/c1-7-10-15-31-27(36)25-30-16-19(5)29(6,39-30)23(24(30)28(37)33(25)22(17-34)18(4)8-2)26(35)32-20-11-13-21(14-12-20)38-9-3/h11-14,18-19,22-25,34H,7-10,15-17H2,1-6H3,(H,31,36)(H,32,35)/t18-,19?,22-,23+,24-,25?,29-,30?/m0/s1. The van der Waals surface area contributed by atoms with E-state index in [2.05, 4.69) is 17.6 Å². The van der Waals surface area contributed by atoms with Crippen LogP contribution < -0.4 is 15.4 Å². The minimum absolute atomic E-state index is 0.0403. The van der Waals surface area contributed by atoms with E-state index in [4.69, 9.17) is 9.47 Å². The molecular weight excluding hydrogens is 498 g/mol. The second-order valence-electron chi connectivity index (χ2n) is 11.7. The van der Waals surface area contributed by atoms with Crippen molar-refractivity contribution >= 4 is 23.4 Å². The first-order valence-corrected chi connectivity index (χ1v) is 14.5. The maximum absolute atomic E-state index is 14.3. The molecule has 3 aliphatic rings. The number of carbonyl (C=O) groups excluding carboxylic acids is 3. The van der Waals surface area contributed by atoms with Crippen LogP contribution in [0.3, 0.4) is 0 Å². The molecule has 2 bridgehead atoms. The monoisotopic (exact) mass is 543 g/mol. The third-order valence-corrected chi connectivity index (χ3v) is 9.39. The summed E-state index contributed by atoms with van der Waals surface area (Å²) in [5.41, 5.74) is -1.45. The Hall–Kier alpha value is -2.65. The number of nitrogens with zero attached hydrogens (tertiary/aromatic N) is 1. The van der Waals surface area contributed by atoms with Gasteiger partial charge in [-0.25, -0.2) is 0 Å². The molecule has 3 amide bonds. The lowest BCUT2D eigenvalue weighted by Crippen LogP contribution is -2.59. The van der Waals surface area contributed by atoms with Crippen molar-refractivity contribution in [3.63, 3.8) is 0 Å². The summed E-state index contributed by atoms with van der Waals surface area (Å²) < 4.78 is 12.3. The fraction of sp³-hybridized carbons (Fsp3) is 0.700. The summed E-state index contributed by atoms with van der Waals surface area (Å²) in [6.07, 6.45) is 2.97. The van der Waals surface area contributed by atoms with Crippen LogP contribution in [0, 0.1) is 23.7 Å². The van der Waals surface area contributed by atoms with Crippen molar-refractivity contribution in [3.05, 3.63) is 24.3 Å². The lowest BCUT2D eigenvalue weighted by Gasteiger charge is -2.39. The number of benzene rings is 1. The fourth-order valence-electron chi connectivity index (χ4n) is 7.05. The number of aliphatic hydroxyl groups is 1. The third-order valence-electron chi connectivity index (χ3n) is 9.39. The molecule has 0 radical (unpaired) electrons. The molecule has 3 heterocycles. The molecule has 4 rings (SSSR count). The van der Waals surface area contributed by atoms with E-state index in [1.165, 1.54) is 0 Å². The second-order valence-corrected chi connectivity index (χ2v) is 11.7. The zero-order chi connectivity index (χ0) is 28.5. The summed E-state index contributed by atoms with van der Waals surface area (Å²) in [5.74, 6) is -1.85. The van der Waals surface area contributed by atoms with E-state index in [1.807, 2.05) is 34.6 Å². The third kappa shape index (κ3) is 4.82. The van der Waals surface area contributed by atoms with Gasteiger partial charge in [0.05, 0.1) is 36.7 Å². The van der Waals surface area contributed by atoms with Gasteiger partial charge in [-0.1, -0.05) is 40.5 Å². The van der Waals surface area contributed by atoms with Crippen LogP contribution in [0.5, 0.6) is 5.75 Å². The van der Waals surface area contributed by atoms with Crippen LogP contribution in [0.1, 0.15) is 67.2 Å². The number of unbranched alkanes of at least 4 members (excludes halogenated alkanes) is 1. The van der Waals surface area contributed by atoms with Crippen molar-refractivity contribution < 1.29 is 29.0 Å². The Bertz CT molecular complexity index is 1060. The number of carbonyl (C=O) groups is 3. The van der Waals surface area contributed by atoms with Crippen molar-refractivity contribution in [2.75, 3.05) is 25.1 Å². The molecule has 0 aliphatic carbocycles. The van der Waals surface area contributed by atoms with Gasteiger partial charge >= 0.3 is 0 Å². The lowest BCUT2D eigenvalue weighted by atomic mass is 9.62. The van der Waals surface area contributed by atoms with E-state index < -0.39 is 35.1 Å². The van der Waals surface area contributed by atoms with Crippen LogP contribution in [-0.4, -0.2) is 70.8 Å². The summed E-state index contributed by atoms with van der Waals surface area (Å²) in [5, 5.41) is 16.4. The first-order valence-electron chi connectivity index (χ1n) is 14.5. The Morgan fingerprint density at radius 1 is 1.21 bits per heavy atom. The number of fused-ring (bicyclic) bond motifs is 1. The van der Waals surface area contributed by atoms with E-state index in [0.29, 0.717) is 31.0 Å². The van der Waals surface area contributed by atoms with Gasteiger partial charge in [0.2, 0.25) is 17.7 Å². The number of ether oxygens (including phenoxy) is 2. The molecule has 3 aliphatic heterocycles. The zero-order valence-electron chi connectivity index (χ0n) is 24.2. The summed E-state index contributed by atoms with van der Waals surface area (Å²) in [4.78, 5) is 43.6. The van der Waals surface area contributed by atoms with Crippen LogP contribution in [-0.2, 0) is 19.1 Å². The predicted octanol–water partition coefficient (Wildman–Crippen LogP) is 3.36. The van der Waals surface area contributed by atoms with E-state index in [1.54, 1.807) is 29.2 Å². The Morgan fingerprint density at radius 3 is 2.49 bits per heavy atom. The van der Waals surface area contributed by atoms with E-state index in [0.717, 1.165) is 19.3 Å². The normalized spacial score (nSPS) is 32.6. The molecule has 3 fully saturated rings. The summed E-state index contributed by atoms with van der Waals surface area (Å²) in [6.45, 7) is 12.6. The number of nitrogens with one attached hydrogen (secondary N) is 2. The molecule has 1 aromatic rings. The molecule has 9 heteroatoms. The van der Waals surface area contributed by atoms with Gasteiger partial charge in [0.1, 0.15) is 17.4 Å². The highest BCUT2D eigenvalue weighted by molar-refractivity contribution is 6.02. The molecule has 8 atom stereocenters. The van der Waals surface area contributed by atoms with Gasteiger partial charge in [0.15, 0.2) is 0 Å². The molecule has 3 saturated heterocycles. The number of likely N-dealkylation sites (tertiary alicyclic amines) is 1. The number of anilines is 1. The number of amides is 3. The second kappa shape index (κ2) is 11.5. The number of hydrogen-bond acceptors (Lipinski definition) is 6. The summed E-state index contributed by atoms with van der Waals surface area (Å²) in [7, 11) is 0. The molecule has 3 N–H and O–H groups in total. The Morgan fingerprint density at radius 2 is 1.90 bits per heavy atom. The van der Waals surface area contributed by atoms with Crippen molar-refractivity contribution in [2.45, 2.75) is 90.5 Å². The first-order chi connectivity index (χ1) is 18.6. The smallest absolute Gasteiger partial charge is 0.245 e. The van der Waals surface area contributed by atoms with E-state index in [-0.39, 0.29) is 36.2 Å². The molecule has 39 heavy (non-hydrogen) atoms. The average molecular weight is 544 g/mol. The quantitative estimate of drug-likeness (QED) is 0.348. The van der Waals surface area contributed by atoms with Gasteiger partial charge in [0, 0.05) is 12.2 Å². The number of hydrogen-bond donors (Lipinski definition) is 3. The largest absolute Gasteiger partial charge is 0.494 e. The van der Waals surface area contributed by atoms with Crippen molar-refractivity contribution in [2.24, 2.45) is 23.7 Å². The predicted molar refractivity (Wildman–Crippen MR) is 148 cm³/mol. The van der Waals surface area contributed by atoms with Crippen LogP contribution in [0.4, 0.5) is 5.69 Å². The highest BCUT2D eigenvalue weighted by Gasteiger charge is 2.80. The first kappa shape index (κ1) is 29.3. The highest BCUT2D eigenvalue weighted by atomic mass is 16.5. The molecule has 1 aromatic carbocycles. The van der Waals surface area contributed by atoms with E-state index >= 15 is 0 Å². The fourth-order valence-corrected chi connectivity index (χ4v) is 7.05. The van der Waals surface area contributed by atoms with Gasteiger partial charge in [-0.15, -0.1) is 0 Å². The minimum Gasteiger partial charge on any atom is -0.494 e. The Balaban J connectivity index is 1.72. The maximum Gasteiger partial charge on any atom is 0.245 e. The molecular formula is C30H45N3O6. The molecule has 216 valence electrons. The molecule has 1 spiro atoms. The SMILES string of the molecule is CCCCNC(=O)C1N([C@@H](CO)[C@@H](C)CC)C(=O)[C@@H]2[C@H](C(=O)Nc3ccc(OCC)cc3)[C@@]3(C)OC12CC3C. The molecule has 3 unspecified atom stereocenters. The van der Waals surface area contributed by atoms with Crippen LogP contribution in [0.15, 0.2) is 24.3 Å². The maximum atomic E-state index is 14.3. The molecule has 0 aromatic heterocycles. The van der Waals surface area contributed by atoms with Crippen molar-refractivity contribution in [1.82, 2.24) is 10.2 Å². The van der Waals surface area contributed by atoms with Crippen LogP contribution >= 0.6 is 0 Å². The summed E-state index contributed by atoms with van der Waals surface area (Å²) in [6, 6.07) is 5.67. The lowest BCUT2D eigenvalue weighted by molar-refractivity contribution is -0.151. The Labute approximate surface area is 232 Å². The van der Waals surface area contributed by atoms with Crippen molar-refractivity contribution in [1.29, 1.82) is 0 Å². The zero-order valence-corrected chi connectivity index (χ0v) is 24.2. The van der Waals surface area contributed by atoms with Crippen LogP contribution in [0.25, 0.3) is 0 Å². The minimum atomic E-state index is -1.14. The number of rotatable bonds is 12. The van der Waals surface area contributed by atoms with Gasteiger partial charge < -0.3 is 30.1 Å². The van der Waals surface area contributed by atoms with Gasteiger partial charge in [-0.05, 0) is 62.8 Å². The molecule has 9 nitrogen and oxygen atoms in total. The van der Waals surface area contributed by atoms with Crippen LogP contribution in [0.2, 0.25) is 0 Å². The average Bonchev–Trinajstić information content (AvgIpc) is 3.42. The highest BCUT2D eigenvalue weighted by Crippen LogP contribution is 2.65.